The maximum atomic E-state index is 12.5. The zero-order valence-electron chi connectivity index (χ0n) is 16.0. The van der Waals surface area contributed by atoms with E-state index in [2.05, 4.69) is 30.0 Å². The first-order valence-electron chi connectivity index (χ1n) is 9.34. The Morgan fingerprint density at radius 3 is 2.74 bits per heavy atom. The van der Waals surface area contributed by atoms with E-state index in [1.807, 2.05) is 0 Å². The minimum Gasteiger partial charge on any atom is -0.493 e. The molecule has 1 amide bonds. The number of rotatable bonds is 3. The van der Waals surface area contributed by atoms with Gasteiger partial charge in [-0.3, -0.25) is 15.6 Å². The van der Waals surface area contributed by atoms with Gasteiger partial charge in [-0.05, 0) is 42.6 Å². The molecule has 1 saturated carbocycles. The second-order valence-corrected chi connectivity index (χ2v) is 7.54. The van der Waals surface area contributed by atoms with Gasteiger partial charge in [0.2, 0.25) is 5.75 Å². The van der Waals surface area contributed by atoms with Gasteiger partial charge in [0.05, 0.1) is 7.11 Å². The zero-order chi connectivity index (χ0) is 19.4. The van der Waals surface area contributed by atoms with E-state index in [1.165, 1.54) is 20.0 Å². The van der Waals surface area contributed by atoms with Crippen molar-refractivity contribution >= 4 is 23.2 Å². The standard InChI is InChI=1S/C19H27N3O4S/c1-11-5-4-6-14(12(11)2)20-19(27)22-21-18(23)13-9-15(24-3)17-16(10-13)25-7-8-26-17/h9-12,14H,4-8H2,1-3H3,(H,21,23)(H2,20,22,27)/t11-,12-,14+/m1/s1. The van der Waals surface area contributed by atoms with Crippen LogP contribution in [0.3, 0.4) is 0 Å². The van der Waals surface area contributed by atoms with Crippen molar-refractivity contribution in [1.29, 1.82) is 0 Å². The smallest absolute Gasteiger partial charge is 0.269 e. The number of ether oxygens (including phenoxy) is 3. The molecule has 27 heavy (non-hydrogen) atoms. The molecule has 0 radical (unpaired) electrons. The molecule has 2 aliphatic rings. The molecule has 1 aromatic rings. The van der Waals surface area contributed by atoms with Crippen molar-refractivity contribution in [3.63, 3.8) is 0 Å². The first-order chi connectivity index (χ1) is 13.0. The van der Waals surface area contributed by atoms with Crippen molar-refractivity contribution in [3.05, 3.63) is 17.7 Å². The summed E-state index contributed by atoms with van der Waals surface area (Å²) >= 11 is 5.33. The Bertz CT molecular complexity index is 695. The molecule has 0 spiro atoms. The Balaban J connectivity index is 1.58. The van der Waals surface area contributed by atoms with E-state index in [-0.39, 0.29) is 5.91 Å². The lowest BCUT2D eigenvalue weighted by molar-refractivity contribution is 0.0941. The average molecular weight is 394 g/mol. The number of carbonyl (C=O) groups is 1. The van der Waals surface area contributed by atoms with Crippen LogP contribution in [-0.2, 0) is 0 Å². The number of methoxy groups -OCH3 is 1. The number of carbonyl (C=O) groups excluding carboxylic acids is 1. The van der Waals surface area contributed by atoms with E-state index >= 15 is 0 Å². The predicted molar refractivity (Wildman–Crippen MR) is 106 cm³/mol. The third-order valence-electron chi connectivity index (χ3n) is 5.40. The predicted octanol–water partition coefficient (Wildman–Crippen LogP) is 2.40. The van der Waals surface area contributed by atoms with Crippen LogP contribution in [-0.4, -0.2) is 37.4 Å². The highest BCUT2D eigenvalue weighted by Gasteiger charge is 2.27. The van der Waals surface area contributed by atoms with Crippen LogP contribution >= 0.6 is 12.2 Å². The van der Waals surface area contributed by atoms with Gasteiger partial charge in [0.1, 0.15) is 13.2 Å². The number of hydrazine groups is 1. The van der Waals surface area contributed by atoms with Crippen LogP contribution < -0.4 is 30.4 Å². The van der Waals surface area contributed by atoms with E-state index < -0.39 is 0 Å². The maximum Gasteiger partial charge on any atom is 0.269 e. The highest BCUT2D eigenvalue weighted by atomic mass is 32.1. The molecular weight excluding hydrogens is 366 g/mol. The van der Waals surface area contributed by atoms with Crippen LogP contribution in [0, 0.1) is 11.8 Å². The summed E-state index contributed by atoms with van der Waals surface area (Å²) in [5.74, 6) is 2.35. The molecule has 1 fully saturated rings. The zero-order valence-corrected chi connectivity index (χ0v) is 16.8. The van der Waals surface area contributed by atoms with Crippen LogP contribution in [0.1, 0.15) is 43.5 Å². The summed E-state index contributed by atoms with van der Waals surface area (Å²) in [6, 6.07) is 3.57. The van der Waals surface area contributed by atoms with Gasteiger partial charge in [0.25, 0.3) is 5.91 Å². The Morgan fingerprint density at radius 1 is 1.19 bits per heavy atom. The van der Waals surface area contributed by atoms with Gasteiger partial charge in [-0.15, -0.1) is 0 Å². The lowest BCUT2D eigenvalue weighted by atomic mass is 9.78. The molecule has 0 aromatic heterocycles. The average Bonchev–Trinajstić information content (AvgIpc) is 2.68. The molecule has 3 atom stereocenters. The van der Waals surface area contributed by atoms with Crippen molar-refractivity contribution in [3.8, 4) is 17.2 Å². The topological polar surface area (TPSA) is 80.9 Å². The van der Waals surface area contributed by atoms with E-state index in [9.17, 15) is 4.79 Å². The Kier molecular flexibility index (Phi) is 6.26. The fourth-order valence-corrected chi connectivity index (χ4v) is 3.78. The van der Waals surface area contributed by atoms with E-state index in [0.717, 1.165) is 6.42 Å². The van der Waals surface area contributed by atoms with Crippen LogP contribution in [0.5, 0.6) is 17.2 Å². The molecular formula is C19H27N3O4S. The fraction of sp³-hybridized carbons (Fsp3) is 0.579. The molecule has 3 rings (SSSR count). The van der Waals surface area contributed by atoms with Gasteiger partial charge in [0.15, 0.2) is 16.6 Å². The third kappa shape index (κ3) is 4.55. The molecule has 0 bridgehead atoms. The number of hydrogen-bond donors (Lipinski definition) is 3. The second-order valence-electron chi connectivity index (χ2n) is 7.13. The molecule has 1 aromatic carbocycles. The van der Waals surface area contributed by atoms with E-state index in [0.29, 0.717) is 59.0 Å². The minimum absolute atomic E-state index is 0.319. The first kappa shape index (κ1) is 19.5. The fourth-order valence-electron chi connectivity index (χ4n) is 3.58. The van der Waals surface area contributed by atoms with Gasteiger partial charge < -0.3 is 19.5 Å². The third-order valence-corrected chi connectivity index (χ3v) is 5.62. The van der Waals surface area contributed by atoms with Gasteiger partial charge >= 0.3 is 0 Å². The number of benzene rings is 1. The lowest BCUT2D eigenvalue weighted by Gasteiger charge is -2.35. The maximum absolute atomic E-state index is 12.5. The minimum atomic E-state index is -0.334. The van der Waals surface area contributed by atoms with Gasteiger partial charge in [-0.25, -0.2) is 0 Å². The molecule has 1 aliphatic carbocycles. The van der Waals surface area contributed by atoms with Crippen molar-refractivity contribution < 1.29 is 19.0 Å². The second kappa shape index (κ2) is 8.65. The van der Waals surface area contributed by atoms with Crippen LogP contribution in [0.15, 0.2) is 12.1 Å². The molecule has 3 N–H and O–H groups in total. The van der Waals surface area contributed by atoms with Crippen molar-refractivity contribution in [2.45, 2.75) is 39.2 Å². The number of thiocarbonyl (C=S) groups is 1. The van der Waals surface area contributed by atoms with Gasteiger partial charge in [-0.2, -0.15) is 0 Å². The summed E-state index contributed by atoms with van der Waals surface area (Å²) in [7, 11) is 1.53. The summed E-state index contributed by atoms with van der Waals surface area (Å²) in [5.41, 5.74) is 5.81. The molecule has 0 unspecified atom stereocenters. The Hall–Kier alpha value is -2.22. The summed E-state index contributed by atoms with van der Waals surface area (Å²) < 4.78 is 16.4. The van der Waals surface area contributed by atoms with Crippen molar-refractivity contribution in [2.75, 3.05) is 20.3 Å². The SMILES string of the molecule is COc1cc(C(=O)NNC(=S)N[C@H]2CCC[C@@H](C)[C@H]2C)cc2c1OCCO2. The molecule has 1 heterocycles. The van der Waals surface area contributed by atoms with Crippen molar-refractivity contribution in [2.24, 2.45) is 11.8 Å². The van der Waals surface area contributed by atoms with Crippen LogP contribution in [0.2, 0.25) is 0 Å². The van der Waals surface area contributed by atoms with Gasteiger partial charge in [-0.1, -0.05) is 26.7 Å². The van der Waals surface area contributed by atoms with E-state index in [4.69, 9.17) is 26.4 Å². The summed E-state index contributed by atoms with van der Waals surface area (Å²) in [5, 5.41) is 3.73. The monoisotopic (exact) mass is 393 g/mol. The molecule has 0 saturated heterocycles. The summed E-state index contributed by atoms with van der Waals surface area (Å²) in [6.07, 6.45) is 3.53. The number of nitrogens with one attached hydrogen (secondary N) is 3. The number of hydrogen-bond acceptors (Lipinski definition) is 5. The highest BCUT2D eigenvalue weighted by molar-refractivity contribution is 7.80. The number of amides is 1. The van der Waals surface area contributed by atoms with Gasteiger partial charge in [0, 0.05) is 11.6 Å². The Labute approximate surface area is 165 Å². The first-order valence-corrected chi connectivity index (χ1v) is 9.75. The highest BCUT2D eigenvalue weighted by Crippen LogP contribution is 2.40. The largest absolute Gasteiger partial charge is 0.493 e. The molecule has 8 heteroatoms. The quantitative estimate of drug-likeness (QED) is 0.537. The summed E-state index contributed by atoms with van der Waals surface area (Å²) in [4.78, 5) is 12.5. The van der Waals surface area contributed by atoms with E-state index in [1.54, 1.807) is 12.1 Å². The van der Waals surface area contributed by atoms with Crippen molar-refractivity contribution in [1.82, 2.24) is 16.2 Å². The molecule has 7 nitrogen and oxygen atoms in total. The molecule has 148 valence electrons. The summed E-state index contributed by atoms with van der Waals surface area (Å²) in [6.45, 7) is 5.40. The van der Waals surface area contributed by atoms with Crippen LogP contribution in [0.4, 0.5) is 0 Å². The Morgan fingerprint density at radius 2 is 1.96 bits per heavy atom. The van der Waals surface area contributed by atoms with Crippen LogP contribution in [0.25, 0.3) is 0 Å². The lowest BCUT2D eigenvalue weighted by Crippen LogP contribution is -2.52. The number of fused-ring (bicyclic) bond motifs is 1. The molecule has 1 aliphatic heterocycles. The normalized spacial score (nSPS) is 23.9.